The van der Waals surface area contributed by atoms with Crippen molar-refractivity contribution < 1.29 is 42.6 Å². The molecule has 1 fully saturated rings. The highest BCUT2D eigenvalue weighted by atomic mass is 35.5. The van der Waals surface area contributed by atoms with E-state index >= 15 is 0 Å². The highest BCUT2D eigenvalue weighted by molar-refractivity contribution is 7.12. The number of Topliss-reactive ketones (excluding diaryl/α,β-unsaturated/α-hetero) is 1. The van der Waals surface area contributed by atoms with Crippen molar-refractivity contribution in [2.24, 2.45) is 4.99 Å². The molecule has 1 saturated heterocycles. The fourth-order valence-electron chi connectivity index (χ4n) is 10.1. The second kappa shape index (κ2) is 31.0. The van der Waals surface area contributed by atoms with Crippen LogP contribution in [0.2, 0.25) is 5.02 Å². The van der Waals surface area contributed by atoms with E-state index in [1.54, 1.807) is 11.3 Å². The Morgan fingerprint density at radius 3 is 2.21 bits per heavy atom. The minimum atomic E-state index is -0.0136. The number of piperazine rings is 1. The molecule has 4 aliphatic heterocycles. The molecule has 424 valence electrons. The van der Waals surface area contributed by atoms with Gasteiger partial charge in [-0.1, -0.05) is 54.8 Å². The van der Waals surface area contributed by atoms with Gasteiger partial charge in [0.25, 0.3) is 0 Å². The fraction of sp³-hybridized carbons (Fsp3) is 0.435. The van der Waals surface area contributed by atoms with Gasteiger partial charge in [0, 0.05) is 98.7 Å². The number of para-hydroxylation sites is 1. The predicted molar refractivity (Wildman–Crippen MR) is 316 cm³/mol. The van der Waals surface area contributed by atoms with Gasteiger partial charge in [-0.15, -0.1) is 11.3 Å². The van der Waals surface area contributed by atoms with E-state index in [0.29, 0.717) is 96.0 Å². The second-order valence-corrected chi connectivity index (χ2v) is 21.6. The summed E-state index contributed by atoms with van der Waals surface area (Å²) in [6, 6.07) is 30.9. The van der Waals surface area contributed by atoms with Gasteiger partial charge < -0.3 is 44.5 Å². The van der Waals surface area contributed by atoms with Gasteiger partial charge in [-0.05, 0) is 110 Å². The van der Waals surface area contributed by atoms with Gasteiger partial charge in [-0.25, -0.2) is 4.99 Å². The molecule has 6 heterocycles. The van der Waals surface area contributed by atoms with E-state index in [9.17, 15) is 14.4 Å². The first kappa shape index (κ1) is 58.2. The molecule has 5 aromatic rings. The number of rotatable bonds is 33. The molecule has 0 aliphatic carbocycles. The van der Waals surface area contributed by atoms with Crippen molar-refractivity contribution >= 4 is 75.2 Å². The maximum Gasteiger partial charge on any atom is 0.229 e. The van der Waals surface area contributed by atoms with Crippen LogP contribution in [0.25, 0.3) is 6.08 Å². The molecule has 0 spiro atoms. The molecular weight excluding hydrogens is 1050 g/mol. The summed E-state index contributed by atoms with van der Waals surface area (Å²) < 4.78 is 32.9. The summed E-state index contributed by atoms with van der Waals surface area (Å²) in [5, 5.41) is 12.2. The van der Waals surface area contributed by atoms with Crippen LogP contribution >= 0.6 is 22.9 Å². The third-order valence-corrected chi connectivity index (χ3v) is 15.6. The predicted octanol–water partition coefficient (Wildman–Crippen LogP) is 9.19. The van der Waals surface area contributed by atoms with Crippen LogP contribution in [0.5, 0.6) is 5.75 Å². The first-order valence-electron chi connectivity index (χ1n) is 28.4. The Hall–Kier alpha value is -6.44. The second-order valence-electron chi connectivity index (χ2n) is 20.2. The lowest BCUT2D eigenvalue weighted by Crippen LogP contribution is -2.49. The average Bonchev–Trinajstić information content (AvgIpc) is 4.24. The number of ketones is 1. The van der Waals surface area contributed by atoms with Crippen LogP contribution in [0.1, 0.15) is 78.8 Å². The van der Waals surface area contributed by atoms with E-state index in [2.05, 4.69) is 107 Å². The number of aromatic nitrogens is 1. The molecule has 3 N–H and O–H groups in total. The summed E-state index contributed by atoms with van der Waals surface area (Å²) in [6.07, 6.45) is 14.0. The lowest BCUT2D eigenvalue weighted by atomic mass is 10.1. The molecule has 80 heavy (non-hydrogen) atoms. The Bertz CT molecular complexity index is 2950. The van der Waals surface area contributed by atoms with E-state index in [-0.39, 0.29) is 24.2 Å². The number of hydrogen-bond donors (Lipinski definition) is 3. The third-order valence-electron chi connectivity index (χ3n) is 14.5. The summed E-state index contributed by atoms with van der Waals surface area (Å²) in [4.78, 5) is 48.3. The maximum absolute atomic E-state index is 12.5. The van der Waals surface area contributed by atoms with Crippen molar-refractivity contribution in [1.82, 2.24) is 25.0 Å². The number of allylic oxidation sites excluding steroid dienone is 2. The van der Waals surface area contributed by atoms with E-state index in [1.807, 2.05) is 42.5 Å². The number of amidine groups is 1. The third kappa shape index (κ3) is 17.5. The number of aliphatic imine (C=N–C) groups is 1. The Morgan fingerprint density at radius 2 is 1.43 bits per heavy atom. The van der Waals surface area contributed by atoms with Crippen molar-refractivity contribution in [3.8, 4) is 5.75 Å². The lowest BCUT2D eigenvalue weighted by molar-refractivity contribution is -0.503. The normalized spacial score (nSPS) is 14.6. The summed E-state index contributed by atoms with van der Waals surface area (Å²) in [5.41, 5.74) is 10.2. The number of amides is 2. The van der Waals surface area contributed by atoms with E-state index in [4.69, 9.17) is 40.3 Å². The van der Waals surface area contributed by atoms with Crippen LogP contribution in [-0.2, 0) is 52.8 Å². The van der Waals surface area contributed by atoms with Gasteiger partial charge in [0.1, 0.15) is 18.2 Å². The number of unbranched alkanes of at least 4 members (excludes halogenated alkanes) is 3. The van der Waals surface area contributed by atoms with Crippen molar-refractivity contribution in [3.63, 3.8) is 0 Å². The van der Waals surface area contributed by atoms with Crippen LogP contribution in [0.15, 0.2) is 119 Å². The number of nitrogens with one attached hydrogen (secondary N) is 3. The largest absolute Gasteiger partial charge is 0.486 e. The van der Waals surface area contributed by atoms with Gasteiger partial charge in [-0.2, -0.15) is 4.58 Å². The molecule has 3 aromatic carbocycles. The minimum Gasteiger partial charge on any atom is -0.486 e. The van der Waals surface area contributed by atoms with Crippen LogP contribution in [0, 0.1) is 0 Å². The molecule has 4 aliphatic rings. The molecule has 2 aromatic heterocycles. The zero-order valence-corrected chi connectivity index (χ0v) is 47.4. The van der Waals surface area contributed by atoms with Gasteiger partial charge in [0.05, 0.1) is 74.8 Å². The zero-order chi connectivity index (χ0) is 55.1. The number of carbonyl (C=O) groups is 3. The molecule has 0 saturated carbocycles. The number of thiophene rings is 1. The SMILES string of the molecule is O=C(CCCCCCC(=O)NCCOCCOCCOCCOCCC(=O)NCCCN1CCN(C2=Nc3cc(Cl)ccc3Nc3ccccc32)CC1)COc1ccc(CCc2ccc3n2C[N+]2=C(c4cccs4)C=CC2=C3)cc1. The molecule has 16 nitrogen and oxygen atoms in total. The molecular formula is C62H76ClN8O8S+. The van der Waals surface area contributed by atoms with Gasteiger partial charge >= 0.3 is 0 Å². The number of fused-ring (bicyclic) bond motifs is 4. The Labute approximate surface area is 479 Å². The van der Waals surface area contributed by atoms with E-state index in [0.717, 1.165) is 113 Å². The standard InChI is InChI=1S/C62H75ClN8O8S/c63-48-17-24-56-57(43-48)67-62(54-10-5-6-11-55(54)66-56)69-32-30-68(31-33-69)29-8-27-64-61(74)26-34-75-36-38-77-40-41-78-39-37-76-35-28-65-60(73)13-4-2-1-3-9-52(72)45-79-53-22-15-47(16-23-53)14-18-49-19-20-50-44-51-21-25-58(59-12-7-42-80-59)71(51)46-70(49)50/h5-7,10-12,15-17,19-25,42-44H,1-4,8-9,13-14,18,26-41,45-46H2,(H2-,64,65,66,67,73,74)/p+1. The maximum atomic E-state index is 12.5. The summed E-state index contributed by atoms with van der Waals surface area (Å²) in [7, 11) is 0. The first-order valence-corrected chi connectivity index (χ1v) is 29.6. The van der Waals surface area contributed by atoms with Crippen molar-refractivity contribution in [2.75, 3.05) is 111 Å². The highest BCUT2D eigenvalue weighted by Crippen LogP contribution is 2.37. The highest BCUT2D eigenvalue weighted by Gasteiger charge is 2.30. The molecule has 18 heteroatoms. The monoisotopic (exact) mass is 1130 g/mol. The summed E-state index contributed by atoms with van der Waals surface area (Å²) in [5.74, 6) is 1.74. The molecule has 0 atom stereocenters. The molecule has 0 radical (unpaired) electrons. The number of benzene rings is 3. The van der Waals surface area contributed by atoms with Gasteiger partial charge in [-0.3, -0.25) is 23.9 Å². The number of hydrogen-bond acceptors (Lipinski definition) is 13. The topological polar surface area (TPSA) is 160 Å². The van der Waals surface area contributed by atoms with E-state index in [1.165, 1.54) is 33.2 Å². The molecule has 2 amide bonds. The number of halogens is 1. The van der Waals surface area contributed by atoms with Crippen molar-refractivity contribution in [2.45, 2.75) is 70.9 Å². The summed E-state index contributed by atoms with van der Waals surface area (Å²) in [6.45, 7) is 9.76. The Morgan fingerprint density at radius 1 is 0.688 bits per heavy atom. The lowest BCUT2D eigenvalue weighted by Gasteiger charge is -2.36. The molecule has 9 rings (SSSR count). The first-order chi connectivity index (χ1) is 39.3. The van der Waals surface area contributed by atoms with Crippen molar-refractivity contribution in [3.05, 3.63) is 147 Å². The number of carbonyl (C=O) groups excluding carboxylic acids is 3. The van der Waals surface area contributed by atoms with Crippen LogP contribution in [0.3, 0.4) is 0 Å². The minimum absolute atomic E-state index is 0.00522. The molecule has 0 unspecified atom stereocenters. The number of aryl methyl sites for hydroxylation is 2. The zero-order valence-electron chi connectivity index (χ0n) is 45.8. The fourth-order valence-corrected chi connectivity index (χ4v) is 11.0. The van der Waals surface area contributed by atoms with Crippen molar-refractivity contribution in [1.29, 1.82) is 0 Å². The number of nitrogens with zero attached hydrogens (tertiary/aromatic N) is 5. The summed E-state index contributed by atoms with van der Waals surface area (Å²) >= 11 is 8.10. The molecule has 0 bridgehead atoms. The Balaban J connectivity index is 0.499. The van der Waals surface area contributed by atoms with Gasteiger partial charge in [0.15, 0.2) is 5.78 Å². The average molecular weight is 1130 g/mol. The Kier molecular flexibility index (Phi) is 22.5. The van der Waals surface area contributed by atoms with Gasteiger partial charge in [0.2, 0.25) is 29.9 Å². The smallest absolute Gasteiger partial charge is 0.229 e. The van der Waals surface area contributed by atoms with Crippen LogP contribution in [-0.4, -0.2) is 153 Å². The quantitative estimate of drug-likeness (QED) is 0.0272. The number of anilines is 2. The number of ether oxygens (including phenoxy) is 5. The van der Waals surface area contributed by atoms with Crippen LogP contribution in [0.4, 0.5) is 17.1 Å². The van der Waals surface area contributed by atoms with Crippen LogP contribution < -0.4 is 20.7 Å². The van der Waals surface area contributed by atoms with E-state index < -0.39 is 0 Å².